The lowest BCUT2D eigenvalue weighted by atomic mass is 10.0. The van der Waals surface area contributed by atoms with Crippen LogP contribution in [0, 0.1) is 22.7 Å². The average molecular weight is 266 g/mol. The second-order valence-corrected chi connectivity index (χ2v) is 4.16. The topological polar surface area (TPSA) is 90.9 Å². The molecule has 20 heavy (non-hydrogen) atoms. The molecule has 0 heterocycles. The third kappa shape index (κ3) is 2.17. The number of hydrogen-bond donors (Lipinski definition) is 0. The summed E-state index contributed by atoms with van der Waals surface area (Å²) < 4.78 is 4.87. The zero-order chi connectivity index (χ0) is 14.7. The van der Waals surface area contributed by atoms with Gasteiger partial charge in [0.2, 0.25) is 0 Å². The molecule has 1 aromatic carbocycles. The summed E-state index contributed by atoms with van der Waals surface area (Å²) in [5.74, 6) is -0.703. The van der Waals surface area contributed by atoms with Crippen LogP contribution in [0.4, 0.5) is 0 Å². The normalized spacial score (nSPS) is 12.3. The molecule has 0 fully saturated rings. The molecule has 5 nitrogen and oxygen atoms in total. The summed E-state index contributed by atoms with van der Waals surface area (Å²) in [5, 5.41) is 17.8. The number of esters is 1. The molecule has 1 aliphatic rings. The van der Waals surface area contributed by atoms with Crippen molar-refractivity contribution >= 4 is 17.3 Å². The lowest BCUT2D eigenvalue weighted by molar-refractivity contribution is 0.0526. The van der Waals surface area contributed by atoms with E-state index in [1.807, 2.05) is 0 Å². The lowest BCUT2D eigenvalue weighted by Gasteiger charge is -2.04. The number of carbonyl (C=O) groups excluding carboxylic acids is 2. The third-order valence-corrected chi connectivity index (χ3v) is 3.02. The highest BCUT2D eigenvalue weighted by atomic mass is 16.5. The quantitative estimate of drug-likeness (QED) is 0.604. The van der Waals surface area contributed by atoms with E-state index in [0.717, 1.165) is 0 Å². The molecule has 0 bridgehead atoms. The number of carbonyl (C=O) groups is 2. The summed E-state index contributed by atoms with van der Waals surface area (Å²) in [6.07, 6.45) is 0.0120. The summed E-state index contributed by atoms with van der Waals surface area (Å²) in [5.41, 5.74) is 1.54. The number of ether oxygens (including phenoxy) is 1. The van der Waals surface area contributed by atoms with E-state index in [-0.39, 0.29) is 29.9 Å². The summed E-state index contributed by atoms with van der Waals surface area (Å²) >= 11 is 0. The van der Waals surface area contributed by atoms with Crippen LogP contribution in [0.2, 0.25) is 0 Å². The second kappa shape index (κ2) is 5.38. The van der Waals surface area contributed by atoms with E-state index in [2.05, 4.69) is 0 Å². The summed E-state index contributed by atoms with van der Waals surface area (Å²) in [6.45, 7) is 1.95. The minimum Gasteiger partial charge on any atom is -0.462 e. The van der Waals surface area contributed by atoms with Crippen molar-refractivity contribution in [1.82, 2.24) is 0 Å². The first-order chi connectivity index (χ1) is 9.62. The van der Waals surface area contributed by atoms with Gasteiger partial charge in [-0.3, -0.25) is 4.79 Å². The van der Waals surface area contributed by atoms with E-state index in [9.17, 15) is 9.59 Å². The van der Waals surface area contributed by atoms with Crippen LogP contribution in [-0.2, 0) is 4.74 Å². The molecular formula is C15H10N2O3. The molecule has 0 radical (unpaired) electrons. The van der Waals surface area contributed by atoms with E-state index in [0.29, 0.717) is 16.7 Å². The number of benzene rings is 1. The minimum atomic E-state index is -0.499. The number of ketones is 1. The molecule has 0 spiro atoms. The Morgan fingerprint density at radius 2 is 2.00 bits per heavy atom. The highest BCUT2D eigenvalue weighted by Gasteiger charge is 2.28. The fourth-order valence-electron chi connectivity index (χ4n) is 2.11. The number of nitriles is 2. The Bertz CT molecular complexity index is 702. The molecule has 0 N–H and O–H groups in total. The predicted octanol–water partition coefficient (Wildman–Crippen LogP) is 2.25. The molecule has 0 amide bonds. The van der Waals surface area contributed by atoms with Gasteiger partial charge in [0.15, 0.2) is 5.78 Å². The van der Waals surface area contributed by atoms with Crippen LogP contribution in [0.3, 0.4) is 0 Å². The second-order valence-electron chi connectivity index (χ2n) is 4.16. The maximum absolute atomic E-state index is 11.9. The van der Waals surface area contributed by atoms with Crippen molar-refractivity contribution in [2.75, 3.05) is 6.61 Å². The van der Waals surface area contributed by atoms with Crippen molar-refractivity contribution in [2.45, 2.75) is 13.3 Å². The molecule has 0 saturated carbocycles. The Labute approximate surface area is 115 Å². The van der Waals surface area contributed by atoms with Gasteiger partial charge in [-0.1, -0.05) is 6.07 Å². The molecular weight excluding hydrogens is 256 g/mol. The third-order valence-electron chi connectivity index (χ3n) is 3.02. The van der Waals surface area contributed by atoms with Gasteiger partial charge in [-0.15, -0.1) is 0 Å². The average Bonchev–Trinajstić information content (AvgIpc) is 2.78. The van der Waals surface area contributed by atoms with Gasteiger partial charge in [-0.2, -0.15) is 10.5 Å². The predicted molar refractivity (Wildman–Crippen MR) is 69.5 cm³/mol. The number of rotatable bonds is 2. The number of hydrogen-bond acceptors (Lipinski definition) is 5. The molecule has 1 aliphatic carbocycles. The van der Waals surface area contributed by atoms with Crippen LogP contribution >= 0.6 is 0 Å². The van der Waals surface area contributed by atoms with Gasteiger partial charge < -0.3 is 4.74 Å². The van der Waals surface area contributed by atoms with E-state index in [1.54, 1.807) is 25.1 Å². The fourth-order valence-corrected chi connectivity index (χ4v) is 2.11. The lowest BCUT2D eigenvalue weighted by Crippen LogP contribution is -2.05. The Morgan fingerprint density at radius 3 is 2.60 bits per heavy atom. The first-order valence-electron chi connectivity index (χ1n) is 6.00. The van der Waals surface area contributed by atoms with Crippen molar-refractivity contribution < 1.29 is 14.3 Å². The van der Waals surface area contributed by atoms with Crippen LogP contribution in [0.1, 0.15) is 39.6 Å². The van der Waals surface area contributed by atoms with E-state index >= 15 is 0 Å². The maximum Gasteiger partial charge on any atom is 0.338 e. The monoisotopic (exact) mass is 266 g/mol. The number of fused-ring (bicyclic) bond motifs is 1. The Kier molecular flexibility index (Phi) is 3.63. The van der Waals surface area contributed by atoms with Gasteiger partial charge >= 0.3 is 5.97 Å². The van der Waals surface area contributed by atoms with Gasteiger partial charge in [-0.05, 0) is 30.2 Å². The highest BCUT2D eigenvalue weighted by molar-refractivity contribution is 6.14. The largest absolute Gasteiger partial charge is 0.462 e. The summed E-state index contributed by atoms with van der Waals surface area (Å²) in [7, 11) is 0. The van der Waals surface area contributed by atoms with Crippen molar-refractivity contribution in [1.29, 1.82) is 10.5 Å². The Morgan fingerprint density at radius 1 is 1.30 bits per heavy atom. The van der Waals surface area contributed by atoms with E-state index in [4.69, 9.17) is 15.3 Å². The summed E-state index contributed by atoms with van der Waals surface area (Å²) in [6, 6.07) is 8.14. The minimum absolute atomic E-state index is 0.0120. The molecule has 5 heteroatoms. The van der Waals surface area contributed by atoms with Crippen LogP contribution in [0.15, 0.2) is 23.8 Å². The standard InChI is InChI=1S/C15H10N2O3/c1-2-20-15(19)9-3-4-11-12(10(7-16)8-17)6-14(18)13(11)5-9/h3-5H,2,6H2,1H3. The summed E-state index contributed by atoms with van der Waals surface area (Å²) in [4.78, 5) is 23.6. The SMILES string of the molecule is CCOC(=O)c1ccc2c(c1)C(=O)CC2=C(C#N)C#N. The number of nitrogens with zero attached hydrogens (tertiary/aromatic N) is 2. The molecule has 0 saturated heterocycles. The Balaban J connectivity index is 2.53. The molecule has 98 valence electrons. The number of Topliss-reactive ketones (excluding diaryl/α,β-unsaturated/α-hetero) is 1. The van der Waals surface area contributed by atoms with Gasteiger partial charge in [0.25, 0.3) is 0 Å². The molecule has 1 aromatic rings. The highest BCUT2D eigenvalue weighted by Crippen LogP contribution is 2.34. The van der Waals surface area contributed by atoms with Crippen LogP contribution in [-0.4, -0.2) is 18.4 Å². The molecule has 2 rings (SSSR count). The van der Waals surface area contributed by atoms with Crippen LogP contribution in [0.25, 0.3) is 5.57 Å². The molecule has 0 atom stereocenters. The first kappa shape index (κ1) is 13.5. The van der Waals surface area contributed by atoms with Gasteiger partial charge in [-0.25, -0.2) is 4.79 Å². The van der Waals surface area contributed by atoms with E-state index in [1.165, 1.54) is 12.1 Å². The number of allylic oxidation sites excluding steroid dienone is 2. The van der Waals surface area contributed by atoms with Crippen molar-refractivity contribution in [3.8, 4) is 12.1 Å². The van der Waals surface area contributed by atoms with E-state index < -0.39 is 5.97 Å². The van der Waals surface area contributed by atoms with Crippen molar-refractivity contribution in [3.63, 3.8) is 0 Å². The zero-order valence-corrected chi connectivity index (χ0v) is 10.8. The molecule has 0 unspecified atom stereocenters. The van der Waals surface area contributed by atoms with Gasteiger partial charge in [0.05, 0.1) is 12.2 Å². The van der Waals surface area contributed by atoms with Crippen LogP contribution in [0.5, 0.6) is 0 Å². The van der Waals surface area contributed by atoms with Gasteiger partial charge in [0, 0.05) is 12.0 Å². The molecule has 0 aromatic heterocycles. The maximum atomic E-state index is 11.9. The Hall–Kier alpha value is -2.92. The molecule has 0 aliphatic heterocycles. The van der Waals surface area contributed by atoms with Crippen LogP contribution < -0.4 is 0 Å². The van der Waals surface area contributed by atoms with Gasteiger partial charge in [0.1, 0.15) is 17.7 Å². The zero-order valence-electron chi connectivity index (χ0n) is 10.8. The van der Waals surface area contributed by atoms with Crippen molar-refractivity contribution in [2.24, 2.45) is 0 Å². The first-order valence-corrected chi connectivity index (χ1v) is 6.00. The fraction of sp³-hybridized carbons (Fsp3) is 0.200. The van der Waals surface area contributed by atoms with Crippen molar-refractivity contribution in [3.05, 3.63) is 40.5 Å². The smallest absolute Gasteiger partial charge is 0.338 e.